The average Bonchev–Trinajstić information content (AvgIpc) is 2.45. The summed E-state index contributed by atoms with van der Waals surface area (Å²) in [5.41, 5.74) is 5.81. The highest BCUT2D eigenvalue weighted by molar-refractivity contribution is 7.80. The predicted octanol–water partition coefficient (Wildman–Crippen LogP) is 2.91. The van der Waals surface area contributed by atoms with Gasteiger partial charge in [0.2, 0.25) is 0 Å². The number of hydrogen-bond donors (Lipinski definition) is 3. The molecular formula is C17H36N2O2S. The lowest BCUT2D eigenvalue weighted by molar-refractivity contribution is 0.145. The Balaban J connectivity index is 3.95. The molecule has 0 aromatic rings. The summed E-state index contributed by atoms with van der Waals surface area (Å²) in [7, 11) is 0. The van der Waals surface area contributed by atoms with Crippen LogP contribution in [-0.2, 0) is 0 Å². The fourth-order valence-corrected chi connectivity index (χ4v) is 2.49. The number of hydrogen-bond acceptors (Lipinski definition) is 3. The van der Waals surface area contributed by atoms with Crippen molar-refractivity contribution in [1.82, 2.24) is 4.90 Å². The van der Waals surface area contributed by atoms with Gasteiger partial charge in [-0.1, -0.05) is 40.5 Å². The summed E-state index contributed by atoms with van der Waals surface area (Å²) in [5, 5.41) is 19.0. The van der Waals surface area contributed by atoms with Crippen molar-refractivity contribution >= 4 is 17.3 Å². The van der Waals surface area contributed by atoms with Gasteiger partial charge in [-0.2, -0.15) is 0 Å². The Bertz CT molecular complexity index is 296. The Labute approximate surface area is 142 Å². The second-order valence-corrected chi connectivity index (χ2v) is 8.30. The van der Waals surface area contributed by atoms with E-state index in [1.54, 1.807) is 0 Å². The van der Waals surface area contributed by atoms with Gasteiger partial charge in [-0.15, -0.1) is 0 Å². The van der Waals surface area contributed by atoms with Gasteiger partial charge in [0.05, 0.1) is 0 Å². The maximum Gasteiger partial charge on any atom is 0.166 e. The molecule has 0 aliphatic heterocycles. The van der Waals surface area contributed by atoms with E-state index in [1.807, 2.05) is 0 Å². The monoisotopic (exact) mass is 332 g/mol. The van der Waals surface area contributed by atoms with Crippen LogP contribution in [0.4, 0.5) is 0 Å². The standard InChI is InChI=1S/C17H36N2O2S/c1-16(2,13-20)9-5-7-11-19(15(18)22)12-8-6-10-17(3,4)14-21/h20-21H,5-14H2,1-4H3,(H2,18,22). The molecule has 0 spiro atoms. The Kier molecular flexibility index (Phi) is 10.2. The van der Waals surface area contributed by atoms with Crippen LogP contribution in [0.5, 0.6) is 0 Å². The summed E-state index contributed by atoms with van der Waals surface area (Å²) in [6.07, 6.45) is 6.26. The van der Waals surface area contributed by atoms with Crippen molar-refractivity contribution in [2.24, 2.45) is 16.6 Å². The Morgan fingerprint density at radius 1 is 0.864 bits per heavy atom. The van der Waals surface area contributed by atoms with Gasteiger partial charge in [-0.25, -0.2) is 0 Å². The highest BCUT2D eigenvalue weighted by Gasteiger charge is 2.17. The smallest absolute Gasteiger partial charge is 0.166 e. The zero-order valence-electron chi connectivity index (χ0n) is 14.9. The van der Waals surface area contributed by atoms with E-state index < -0.39 is 0 Å². The molecule has 0 saturated heterocycles. The number of aliphatic hydroxyl groups excluding tert-OH is 2. The lowest BCUT2D eigenvalue weighted by Crippen LogP contribution is -2.37. The van der Waals surface area contributed by atoms with Gasteiger partial charge in [0.1, 0.15) is 0 Å². The van der Waals surface area contributed by atoms with E-state index in [1.165, 1.54) is 0 Å². The highest BCUT2D eigenvalue weighted by Crippen LogP contribution is 2.23. The molecule has 132 valence electrons. The van der Waals surface area contributed by atoms with Gasteiger partial charge < -0.3 is 20.8 Å². The van der Waals surface area contributed by atoms with Crippen LogP contribution in [0.25, 0.3) is 0 Å². The van der Waals surface area contributed by atoms with Crippen molar-refractivity contribution in [3.8, 4) is 0 Å². The lowest BCUT2D eigenvalue weighted by atomic mass is 9.88. The van der Waals surface area contributed by atoms with E-state index in [4.69, 9.17) is 18.0 Å². The van der Waals surface area contributed by atoms with Crippen LogP contribution in [0.1, 0.15) is 66.2 Å². The fraction of sp³-hybridized carbons (Fsp3) is 0.941. The quantitative estimate of drug-likeness (QED) is 0.379. The largest absolute Gasteiger partial charge is 0.396 e. The molecule has 0 atom stereocenters. The van der Waals surface area contributed by atoms with Crippen LogP contribution in [-0.4, -0.2) is 46.5 Å². The Morgan fingerprint density at radius 3 is 1.50 bits per heavy atom. The minimum absolute atomic E-state index is 0.00390. The number of rotatable bonds is 12. The molecule has 0 heterocycles. The minimum atomic E-state index is 0.00390. The first-order chi connectivity index (χ1) is 10.1. The number of nitrogens with zero attached hydrogens (tertiary/aromatic N) is 1. The lowest BCUT2D eigenvalue weighted by Gasteiger charge is -2.26. The summed E-state index contributed by atoms with van der Waals surface area (Å²) in [6, 6.07) is 0. The van der Waals surface area contributed by atoms with Crippen molar-refractivity contribution in [3.05, 3.63) is 0 Å². The fourth-order valence-electron chi connectivity index (χ4n) is 2.30. The molecule has 0 aliphatic carbocycles. The van der Waals surface area contributed by atoms with Crippen molar-refractivity contribution in [2.75, 3.05) is 26.3 Å². The molecule has 0 bridgehead atoms. The first-order valence-electron chi connectivity index (χ1n) is 8.40. The number of aliphatic hydroxyl groups is 2. The second kappa shape index (κ2) is 10.4. The van der Waals surface area contributed by atoms with Gasteiger partial charge in [-0.3, -0.25) is 0 Å². The molecule has 0 saturated carbocycles. The molecule has 0 radical (unpaired) electrons. The summed E-state index contributed by atoms with van der Waals surface area (Å²) in [4.78, 5) is 2.08. The highest BCUT2D eigenvalue weighted by atomic mass is 32.1. The first-order valence-corrected chi connectivity index (χ1v) is 8.80. The zero-order chi connectivity index (χ0) is 17.2. The van der Waals surface area contributed by atoms with Crippen molar-refractivity contribution in [1.29, 1.82) is 0 Å². The van der Waals surface area contributed by atoms with E-state index in [9.17, 15) is 10.2 Å². The third-order valence-corrected chi connectivity index (χ3v) is 4.49. The van der Waals surface area contributed by atoms with Crippen LogP contribution < -0.4 is 5.73 Å². The first kappa shape index (κ1) is 21.6. The molecule has 0 rings (SSSR count). The molecule has 5 heteroatoms. The van der Waals surface area contributed by atoms with Crippen molar-refractivity contribution < 1.29 is 10.2 Å². The molecule has 22 heavy (non-hydrogen) atoms. The van der Waals surface area contributed by atoms with Crippen LogP contribution in [0.3, 0.4) is 0 Å². The number of thiocarbonyl (C=S) groups is 1. The van der Waals surface area contributed by atoms with E-state index in [0.717, 1.165) is 51.6 Å². The van der Waals surface area contributed by atoms with Gasteiger partial charge in [0, 0.05) is 26.3 Å². The molecular weight excluding hydrogens is 296 g/mol. The topological polar surface area (TPSA) is 69.7 Å². The van der Waals surface area contributed by atoms with Crippen LogP contribution >= 0.6 is 12.2 Å². The van der Waals surface area contributed by atoms with Crippen molar-refractivity contribution in [2.45, 2.75) is 66.2 Å². The summed E-state index contributed by atoms with van der Waals surface area (Å²) in [5.74, 6) is 0. The summed E-state index contributed by atoms with van der Waals surface area (Å²) in [6.45, 7) is 10.6. The minimum Gasteiger partial charge on any atom is -0.396 e. The van der Waals surface area contributed by atoms with Crippen LogP contribution in [0.15, 0.2) is 0 Å². The van der Waals surface area contributed by atoms with Gasteiger partial charge in [0.15, 0.2) is 5.11 Å². The van der Waals surface area contributed by atoms with Gasteiger partial charge >= 0.3 is 0 Å². The Morgan fingerprint density at radius 2 is 1.23 bits per heavy atom. The summed E-state index contributed by atoms with van der Waals surface area (Å²) >= 11 is 5.13. The summed E-state index contributed by atoms with van der Waals surface area (Å²) < 4.78 is 0. The third-order valence-electron chi connectivity index (χ3n) is 4.23. The van der Waals surface area contributed by atoms with Crippen LogP contribution in [0.2, 0.25) is 0 Å². The SMILES string of the molecule is CC(C)(CO)CCCCN(CCCCC(C)(C)CO)C(N)=S. The third kappa shape index (κ3) is 10.4. The molecule has 0 amide bonds. The molecule has 0 aromatic heterocycles. The van der Waals surface area contributed by atoms with E-state index in [0.29, 0.717) is 5.11 Å². The van der Waals surface area contributed by atoms with Gasteiger partial charge in [0.25, 0.3) is 0 Å². The van der Waals surface area contributed by atoms with E-state index in [2.05, 4.69) is 32.6 Å². The molecule has 0 fully saturated rings. The van der Waals surface area contributed by atoms with Gasteiger partial charge in [-0.05, 0) is 48.7 Å². The molecule has 0 unspecified atom stereocenters. The predicted molar refractivity (Wildman–Crippen MR) is 97.8 cm³/mol. The average molecular weight is 333 g/mol. The van der Waals surface area contributed by atoms with Crippen molar-refractivity contribution in [3.63, 3.8) is 0 Å². The zero-order valence-corrected chi connectivity index (χ0v) is 15.7. The Hall–Kier alpha value is -0.390. The molecule has 0 aliphatic rings. The molecule has 0 aromatic carbocycles. The molecule has 4 nitrogen and oxygen atoms in total. The second-order valence-electron chi connectivity index (χ2n) is 7.88. The number of nitrogens with two attached hydrogens (primary N) is 1. The molecule has 4 N–H and O–H groups in total. The van der Waals surface area contributed by atoms with E-state index >= 15 is 0 Å². The maximum absolute atomic E-state index is 9.25. The van der Waals surface area contributed by atoms with Crippen LogP contribution in [0, 0.1) is 10.8 Å². The normalized spacial score (nSPS) is 12.5. The van der Waals surface area contributed by atoms with E-state index in [-0.39, 0.29) is 24.0 Å². The maximum atomic E-state index is 9.25. The number of unbranched alkanes of at least 4 members (excludes halogenated alkanes) is 2.